The molecule has 0 spiro atoms. The fraction of sp³-hybridized carbons (Fsp3) is 0.429. The maximum absolute atomic E-state index is 11.8. The van der Waals surface area contributed by atoms with Gasteiger partial charge in [0.05, 0.1) is 26.2 Å². The van der Waals surface area contributed by atoms with Crippen molar-refractivity contribution in [2.75, 3.05) is 31.2 Å². The first kappa shape index (κ1) is 14.5. The lowest BCUT2D eigenvalue weighted by molar-refractivity contribution is 0.0963. The second kappa shape index (κ2) is 5.72. The summed E-state index contributed by atoms with van der Waals surface area (Å²) in [4.78, 5) is 25.6. The number of carbonyl (C=O) groups is 2. The van der Waals surface area contributed by atoms with Crippen LogP contribution in [0.15, 0.2) is 18.2 Å². The maximum atomic E-state index is 11.8. The fourth-order valence-corrected chi connectivity index (χ4v) is 2.54. The minimum atomic E-state index is -1.01. The van der Waals surface area contributed by atoms with E-state index in [-0.39, 0.29) is 32.8 Å². The van der Waals surface area contributed by atoms with Crippen molar-refractivity contribution >= 4 is 17.9 Å². The molecule has 1 fully saturated rings. The van der Waals surface area contributed by atoms with Crippen LogP contribution in [0.5, 0.6) is 5.75 Å². The van der Waals surface area contributed by atoms with Crippen LogP contribution in [-0.2, 0) is 11.3 Å². The Morgan fingerprint density at radius 1 is 1.41 bits per heavy atom. The number of nitrogens with zero attached hydrogens (tertiary/aromatic N) is 2. The van der Waals surface area contributed by atoms with Gasteiger partial charge < -0.3 is 24.6 Å². The van der Waals surface area contributed by atoms with E-state index in [1.807, 2.05) is 0 Å². The summed E-state index contributed by atoms with van der Waals surface area (Å²) in [6.45, 7) is 0.806. The Kier molecular flexibility index (Phi) is 3.76. The van der Waals surface area contributed by atoms with E-state index < -0.39 is 18.3 Å². The van der Waals surface area contributed by atoms with Gasteiger partial charge in [0.2, 0.25) is 0 Å². The Bertz CT molecular complexity index is 605. The summed E-state index contributed by atoms with van der Waals surface area (Å²) in [6, 6.07) is 5.16. The van der Waals surface area contributed by atoms with Gasteiger partial charge >= 0.3 is 12.2 Å². The highest BCUT2D eigenvalue weighted by Gasteiger charge is 2.32. The number of hydrogen-bond donors (Lipinski definition) is 2. The van der Waals surface area contributed by atoms with Crippen molar-refractivity contribution in [1.29, 1.82) is 0 Å². The molecule has 2 N–H and O–H groups in total. The van der Waals surface area contributed by atoms with E-state index in [1.165, 1.54) is 9.80 Å². The Hall–Kier alpha value is -2.48. The first-order chi connectivity index (χ1) is 10.6. The van der Waals surface area contributed by atoms with Crippen LogP contribution in [0.4, 0.5) is 15.3 Å². The van der Waals surface area contributed by atoms with Crippen molar-refractivity contribution in [1.82, 2.24) is 4.90 Å². The van der Waals surface area contributed by atoms with E-state index in [9.17, 15) is 9.59 Å². The van der Waals surface area contributed by atoms with Gasteiger partial charge in [-0.1, -0.05) is 0 Å². The summed E-state index contributed by atoms with van der Waals surface area (Å²) >= 11 is 0. The third kappa shape index (κ3) is 2.64. The number of hydrogen-bond acceptors (Lipinski definition) is 5. The summed E-state index contributed by atoms with van der Waals surface area (Å²) in [5, 5.41) is 18.2. The second-order valence-corrected chi connectivity index (χ2v) is 5.14. The zero-order chi connectivity index (χ0) is 15.7. The lowest BCUT2D eigenvalue weighted by atomic mass is 10.1. The summed E-state index contributed by atoms with van der Waals surface area (Å²) in [5.41, 5.74) is 1.29. The Morgan fingerprint density at radius 3 is 2.91 bits per heavy atom. The molecule has 22 heavy (non-hydrogen) atoms. The van der Waals surface area contributed by atoms with Crippen LogP contribution in [0.3, 0.4) is 0 Å². The normalized spacial score (nSPS) is 21.0. The number of anilines is 1. The molecule has 1 aromatic rings. The monoisotopic (exact) mass is 308 g/mol. The molecule has 1 atom stereocenters. The fourth-order valence-electron chi connectivity index (χ4n) is 2.54. The molecule has 3 rings (SSSR count). The van der Waals surface area contributed by atoms with Crippen molar-refractivity contribution in [3.05, 3.63) is 23.8 Å². The number of benzene rings is 1. The van der Waals surface area contributed by atoms with Gasteiger partial charge in [0.25, 0.3) is 0 Å². The summed E-state index contributed by atoms with van der Waals surface area (Å²) in [6.07, 6.45) is -2.08. The van der Waals surface area contributed by atoms with Gasteiger partial charge in [-0.3, -0.25) is 4.90 Å². The Labute approximate surface area is 126 Å². The van der Waals surface area contributed by atoms with E-state index in [2.05, 4.69) is 0 Å². The second-order valence-electron chi connectivity index (χ2n) is 5.14. The lowest BCUT2D eigenvalue weighted by Gasteiger charge is -2.17. The number of aliphatic hydroxyl groups excluding tert-OH is 1. The predicted molar refractivity (Wildman–Crippen MR) is 75.1 cm³/mol. The third-order valence-corrected chi connectivity index (χ3v) is 3.68. The average molecular weight is 308 g/mol. The van der Waals surface area contributed by atoms with Crippen LogP contribution >= 0.6 is 0 Å². The summed E-state index contributed by atoms with van der Waals surface area (Å²) < 4.78 is 10.5. The van der Waals surface area contributed by atoms with E-state index in [4.69, 9.17) is 19.7 Å². The molecule has 1 unspecified atom stereocenters. The van der Waals surface area contributed by atoms with Crippen molar-refractivity contribution in [3.63, 3.8) is 0 Å². The van der Waals surface area contributed by atoms with Crippen molar-refractivity contribution in [2.24, 2.45) is 0 Å². The van der Waals surface area contributed by atoms with Crippen molar-refractivity contribution in [2.45, 2.75) is 12.6 Å². The molecule has 1 saturated heterocycles. The molecule has 0 saturated carbocycles. The zero-order valence-electron chi connectivity index (χ0n) is 11.8. The molecule has 1 aromatic carbocycles. The molecule has 8 nitrogen and oxygen atoms in total. The van der Waals surface area contributed by atoms with Gasteiger partial charge in [-0.05, 0) is 18.2 Å². The standard InChI is InChI=1S/C14H16N2O6/c17-8-11-7-16(14(20)22-11)10-1-2-12-9(5-10)6-15(13(18)19)3-4-21-12/h1-2,5,11,17H,3-4,6-8H2,(H,18,19). The number of aliphatic hydroxyl groups is 1. The van der Waals surface area contributed by atoms with Gasteiger partial charge in [0.15, 0.2) is 0 Å². The van der Waals surface area contributed by atoms with Crippen LogP contribution in [0.2, 0.25) is 0 Å². The summed E-state index contributed by atoms with van der Waals surface area (Å²) in [7, 11) is 0. The first-order valence-corrected chi connectivity index (χ1v) is 6.91. The molecule has 2 heterocycles. The highest BCUT2D eigenvalue weighted by Crippen LogP contribution is 2.30. The molecular weight excluding hydrogens is 292 g/mol. The largest absolute Gasteiger partial charge is 0.491 e. The number of carbonyl (C=O) groups excluding carboxylic acids is 1. The average Bonchev–Trinajstić information content (AvgIpc) is 2.75. The molecular formula is C14H16N2O6. The first-order valence-electron chi connectivity index (χ1n) is 6.91. The summed E-state index contributed by atoms with van der Waals surface area (Å²) in [5.74, 6) is 0.610. The highest BCUT2D eigenvalue weighted by molar-refractivity contribution is 5.90. The predicted octanol–water partition coefficient (Wildman–Crippen LogP) is 0.877. The van der Waals surface area contributed by atoms with Crippen LogP contribution in [0, 0.1) is 0 Å². The quantitative estimate of drug-likeness (QED) is 0.841. The van der Waals surface area contributed by atoms with Gasteiger partial charge in [0, 0.05) is 11.3 Å². The Balaban J connectivity index is 1.87. The van der Waals surface area contributed by atoms with Gasteiger partial charge in [-0.2, -0.15) is 0 Å². The molecule has 0 radical (unpaired) electrons. The van der Waals surface area contributed by atoms with Crippen molar-refractivity contribution in [3.8, 4) is 5.75 Å². The topological polar surface area (TPSA) is 99.5 Å². The van der Waals surface area contributed by atoms with E-state index >= 15 is 0 Å². The van der Waals surface area contributed by atoms with E-state index in [0.29, 0.717) is 17.0 Å². The molecule has 2 aliphatic rings. The zero-order valence-corrected chi connectivity index (χ0v) is 11.8. The van der Waals surface area contributed by atoms with E-state index in [0.717, 1.165) is 0 Å². The maximum Gasteiger partial charge on any atom is 0.414 e. The number of ether oxygens (including phenoxy) is 2. The minimum Gasteiger partial charge on any atom is -0.491 e. The molecule has 118 valence electrons. The lowest BCUT2D eigenvalue weighted by Crippen LogP contribution is -2.31. The SMILES string of the molecule is O=C(O)N1CCOc2ccc(N3CC(CO)OC3=O)cc2C1. The van der Waals surface area contributed by atoms with Crippen LogP contribution in [-0.4, -0.2) is 59.7 Å². The molecule has 0 aromatic heterocycles. The van der Waals surface area contributed by atoms with Crippen LogP contribution in [0.25, 0.3) is 0 Å². The minimum absolute atomic E-state index is 0.199. The van der Waals surface area contributed by atoms with E-state index in [1.54, 1.807) is 18.2 Å². The Morgan fingerprint density at radius 2 is 2.23 bits per heavy atom. The van der Waals surface area contributed by atoms with Gasteiger partial charge in [-0.25, -0.2) is 9.59 Å². The number of cyclic esters (lactones) is 1. The number of amides is 2. The number of fused-ring (bicyclic) bond motifs is 1. The number of carboxylic acid groups (broad SMARTS) is 1. The van der Waals surface area contributed by atoms with Gasteiger partial charge in [0.1, 0.15) is 18.5 Å². The molecule has 0 bridgehead atoms. The molecule has 2 amide bonds. The molecule has 2 aliphatic heterocycles. The van der Waals surface area contributed by atoms with Crippen LogP contribution < -0.4 is 9.64 Å². The third-order valence-electron chi connectivity index (χ3n) is 3.68. The van der Waals surface area contributed by atoms with Crippen molar-refractivity contribution < 1.29 is 29.3 Å². The van der Waals surface area contributed by atoms with Crippen LogP contribution in [0.1, 0.15) is 5.56 Å². The molecule has 8 heteroatoms. The number of rotatable bonds is 2. The highest BCUT2D eigenvalue weighted by atomic mass is 16.6. The molecule has 0 aliphatic carbocycles. The van der Waals surface area contributed by atoms with Gasteiger partial charge in [-0.15, -0.1) is 0 Å². The smallest absolute Gasteiger partial charge is 0.414 e.